The van der Waals surface area contributed by atoms with E-state index in [0.29, 0.717) is 5.56 Å². The van der Waals surface area contributed by atoms with Crippen LogP contribution >= 0.6 is 11.6 Å². The van der Waals surface area contributed by atoms with Gasteiger partial charge in [-0.3, -0.25) is 19.9 Å². The summed E-state index contributed by atoms with van der Waals surface area (Å²) in [6.45, 7) is 1.48. The molecule has 0 atom stereocenters. The number of nitrogens with zero attached hydrogens (tertiary/aromatic N) is 1. The SMILES string of the molecule is CCOC(=O)COc1c(Cl)cc(/C=C/c2[nH]c(=O)[nH]c(=O)c2[N+](=O)[O-])cc1OC. The number of H-pyrrole nitrogens is 2. The van der Waals surface area contributed by atoms with E-state index in [-0.39, 0.29) is 35.4 Å². The largest absolute Gasteiger partial charge is 0.493 e. The highest BCUT2D eigenvalue weighted by Crippen LogP contribution is 2.37. The van der Waals surface area contributed by atoms with Gasteiger partial charge in [0.1, 0.15) is 5.69 Å². The quantitative estimate of drug-likeness (QED) is 0.368. The first-order chi connectivity index (χ1) is 13.8. The second kappa shape index (κ2) is 9.55. The molecule has 0 saturated heterocycles. The Bertz CT molecular complexity index is 1070. The number of hydrogen-bond donors (Lipinski definition) is 2. The van der Waals surface area contributed by atoms with Crippen molar-refractivity contribution in [2.45, 2.75) is 6.92 Å². The molecule has 0 radical (unpaired) electrons. The van der Waals surface area contributed by atoms with Crippen molar-refractivity contribution in [2.75, 3.05) is 20.3 Å². The lowest BCUT2D eigenvalue weighted by Crippen LogP contribution is -2.25. The van der Waals surface area contributed by atoms with E-state index in [2.05, 4.69) is 4.98 Å². The van der Waals surface area contributed by atoms with Crippen LogP contribution in [0.15, 0.2) is 21.7 Å². The van der Waals surface area contributed by atoms with E-state index in [1.54, 1.807) is 11.9 Å². The fraction of sp³-hybridized carbons (Fsp3) is 0.235. The van der Waals surface area contributed by atoms with E-state index in [4.69, 9.17) is 25.8 Å². The molecule has 0 aliphatic rings. The van der Waals surface area contributed by atoms with Crippen molar-refractivity contribution in [3.63, 3.8) is 0 Å². The first kappa shape index (κ1) is 21.7. The molecule has 0 unspecified atom stereocenters. The Balaban J connectivity index is 2.37. The minimum Gasteiger partial charge on any atom is -0.493 e. The average molecular weight is 426 g/mol. The third-order valence-electron chi connectivity index (χ3n) is 3.46. The highest BCUT2D eigenvalue weighted by Gasteiger charge is 2.19. The number of ether oxygens (including phenoxy) is 3. The Kier molecular flexibility index (Phi) is 7.15. The Morgan fingerprint density at radius 1 is 1.28 bits per heavy atom. The molecule has 2 rings (SSSR count). The van der Waals surface area contributed by atoms with Gasteiger partial charge in [-0.15, -0.1) is 0 Å². The van der Waals surface area contributed by atoms with Gasteiger partial charge < -0.3 is 19.2 Å². The number of hydrogen-bond acceptors (Lipinski definition) is 8. The minimum absolute atomic E-state index is 0.0993. The van der Waals surface area contributed by atoms with Crippen LogP contribution in [-0.2, 0) is 9.53 Å². The van der Waals surface area contributed by atoms with Crippen LogP contribution in [-0.4, -0.2) is 41.2 Å². The van der Waals surface area contributed by atoms with Gasteiger partial charge in [0, 0.05) is 0 Å². The van der Waals surface area contributed by atoms with Gasteiger partial charge in [-0.25, -0.2) is 9.59 Å². The van der Waals surface area contributed by atoms with Crippen molar-refractivity contribution < 1.29 is 23.9 Å². The summed E-state index contributed by atoms with van der Waals surface area (Å²) in [5, 5.41) is 11.2. The van der Waals surface area contributed by atoms with Crippen LogP contribution in [0.3, 0.4) is 0 Å². The number of esters is 1. The van der Waals surface area contributed by atoms with Gasteiger partial charge in [-0.05, 0) is 30.7 Å². The third kappa shape index (κ3) is 5.45. The number of aromatic amines is 2. The lowest BCUT2D eigenvalue weighted by Gasteiger charge is -2.12. The predicted octanol–water partition coefficient (Wildman–Crippen LogP) is 1.75. The van der Waals surface area contributed by atoms with Crippen molar-refractivity contribution in [1.29, 1.82) is 0 Å². The summed E-state index contributed by atoms with van der Waals surface area (Å²) in [6.07, 6.45) is 2.56. The van der Waals surface area contributed by atoms with Crippen molar-refractivity contribution >= 4 is 35.4 Å². The lowest BCUT2D eigenvalue weighted by molar-refractivity contribution is -0.386. The molecule has 154 valence electrons. The Morgan fingerprint density at radius 2 is 2.00 bits per heavy atom. The predicted molar refractivity (Wildman–Crippen MR) is 103 cm³/mol. The molecular formula is C17H16ClN3O8. The molecule has 29 heavy (non-hydrogen) atoms. The number of nitrogens with one attached hydrogen (secondary N) is 2. The maximum Gasteiger partial charge on any atom is 0.357 e. The summed E-state index contributed by atoms with van der Waals surface area (Å²) in [7, 11) is 1.36. The van der Waals surface area contributed by atoms with E-state index >= 15 is 0 Å². The molecule has 1 heterocycles. The molecule has 2 N–H and O–H groups in total. The van der Waals surface area contributed by atoms with Gasteiger partial charge in [0.05, 0.1) is 23.7 Å². The van der Waals surface area contributed by atoms with Gasteiger partial charge in [-0.2, -0.15) is 0 Å². The van der Waals surface area contributed by atoms with E-state index < -0.39 is 27.8 Å². The molecule has 1 aromatic heterocycles. The van der Waals surface area contributed by atoms with Gasteiger partial charge in [0.15, 0.2) is 18.1 Å². The first-order valence-corrected chi connectivity index (χ1v) is 8.49. The number of carbonyl (C=O) groups is 1. The Morgan fingerprint density at radius 3 is 2.62 bits per heavy atom. The fourth-order valence-corrected chi connectivity index (χ4v) is 2.56. The van der Waals surface area contributed by atoms with Crippen molar-refractivity contribution in [2.24, 2.45) is 0 Å². The maximum atomic E-state index is 11.6. The summed E-state index contributed by atoms with van der Waals surface area (Å²) in [5.41, 5.74) is -2.70. The number of methoxy groups -OCH3 is 1. The van der Waals surface area contributed by atoms with E-state index in [0.717, 1.165) is 0 Å². The Labute approximate surface area is 168 Å². The molecular weight excluding hydrogens is 410 g/mol. The van der Waals surface area contributed by atoms with Crippen LogP contribution in [0, 0.1) is 10.1 Å². The van der Waals surface area contributed by atoms with Crippen LogP contribution in [0.25, 0.3) is 12.2 Å². The monoisotopic (exact) mass is 425 g/mol. The topological polar surface area (TPSA) is 154 Å². The van der Waals surface area contributed by atoms with Crippen molar-refractivity contribution in [1.82, 2.24) is 9.97 Å². The fourth-order valence-electron chi connectivity index (χ4n) is 2.29. The molecule has 12 heteroatoms. The number of carbonyl (C=O) groups excluding carboxylic acids is 1. The summed E-state index contributed by atoms with van der Waals surface area (Å²) >= 11 is 6.18. The van der Waals surface area contributed by atoms with Crippen LogP contribution in [0.5, 0.6) is 11.5 Å². The van der Waals surface area contributed by atoms with Gasteiger partial charge in [0.2, 0.25) is 0 Å². The molecule has 2 aromatic rings. The highest BCUT2D eigenvalue weighted by atomic mass is 35.5. The third-order valence-corrected chi connectivity index (χ3v) is 3.74. The second-order valence-electron chi connectivity index (χ2n) is 5.39. The van der Waals surface area contributed by atoms with Gasteiger partial charge in [0.25, 0.3) is 0 Å². The Hall–Kier alpha value is -3.60. The highest BCUT2D eigenvalue weighted by molar-refractivity contribution is 6.32. The zero-order chi connectivity index (χ0) is 21.6. The van der Waals surface area contributed by atoms with Crippen LogP contribution < -0.4 is 20.7 Å². The summed E-state index contributed by atoms with van der Waals surface area (Å²) < 4.78 is 15.3. The van der Waals surface area contributed by atoms with E-state index in [1.165, 1.54) is 31.4 Å². The summed E-state index contributed by atoms with van der Waals surface area (Å²) in [5.74, 6) is -0.287. The van der Waals surface area contributed by atoms with Crippen molar-refractivity contribution in [3.05, 3.63) is 59.4 Å². The minimum atomic E-state index is -1.13. The van der Waals surface area contributed by atoms with Crippen LogP contribution in [0.1, 0.15) is 18.2 Å². The molecule has 0 fully saturated rings. The summed E-state index contributed by atoms with van der Waals surface area (Å²) in [4.78, 5) is 48.6. The number of halogens is 1. The van der Waals surface area contributed by atoms with E-state index in [9.17, 15) is 24.5 Å². The van der Waals surface area contributed by atoms with E-state index in [1.807, 2.05) is 0 Å². The maximum absolute atomic E-state index is 11.6. The van der Waals surface area contributed by atoms with Crippen molar-refractivity contribution in [3.8, 4) is 11.5 Å². The lowest BCUT2D eigenvalue weighted by atomic mass is 10.1. The molecule has 0 bridgehead atoms. The van der Waals surface area contributed by atoms with Gasteiger partial charge >= 0.3 is 22.9 Å². The molecule has 11 nitrogen and oxygen atoms in total. The first-order valence-electron chi connectivity index (χ1n) is 8.11. The molecule has 0 aliphatic carbocycles. The molecule has 1 aromatic carbocycles. The number of rotatable bonds is 8. The number of benzene rings is 1. The summed E-state index contributed by atoms with van der Waals surface area (Å²) in [6, 6.07) is 2.93. The molecule has 0 saturated carbocycles. The zero-order valence-corrected chi connectivity index (χ0v) is 16.1. The second-order valence-corrected chi connectivity index (χ2v) is 5.80. The molecule has 0 aliphatic heterocycles. The zero-order valence-electron chi connectivity index (χ0n) is 15.3. The normalized spacial score (nSPS) is 10.7. The average Bonchev–Trinajstić information content (AvgIpc) is 2.64. The van der Waals surface area contributed by atoms with Crippen LogP contribution in [0.2, 0.25) is 5.02 Å². The molecule has 0 amide bonds. The van der Waals surface area contributed by atoms with Crippen LogP contribution in [0.4, 0.5) is 5.69 Å². The molecule has 0 spiro atoms. The number of nitro groups is 1. The standard InChI is InChI=1S/C17H16ClN3O8/c1-3-28-13(22)8-29-15-10(18)6-9(7-12(15)27-2)4-5-11-14(21(25)26)16(23)20-17(24)19-11/h4-7H,3,8H2,1-2H3,(H2,19,20,23,24)/b5-4+. The van der Waals surface area contributed by atoms with Gasteiger partial charge in [-0.1, -0.05) is 17.7 Å². The number of aromatic nitrogens is 2. The smallest absolute Gasteiger partial charge is 0.357 e.